The number of nitrogens with one attached hydrogen (secondary N) is 3. The first-order chi connectivity index (χ1) is 13.9. The summed E-state index contributed by atoms with van der Waals surface area (Å²) in [7, 11) is 0. The predicted octanol–water partition coefficient (Wildman–Crippen LogP) is 2.84. The maximum Gasteiger partial charge on any atom is 0.224 e. The van der Waals surface area contributed by atoms with Crippen LogP contribution in [0.15, 0.2) is 54.7 Å². The van der Waals surface area contributed by atoms with Crippen LogP contribution in [-0.4, -0.2) is 35.8 Å². The van der Waals surface area contributed by atoms with Crippen molar-refractivity contribution < 1.29 is 14.4 Å². The van der Waals surface area contributed by atoms with Crippen molar-refractivity contribution in [2.75, 3.05) is 23.3 Å². The molecule has 0 spiro atoms. The zero-order valence-corrected chi connectivity index (χ0v) is 16.5. The monoisotopic (exact) mass is 392 g/mol. The van der Waals surface area contributed by atoms with Crippen molar-refractivity contribution >= 4 is 40.0 Å². The molecule has 3 aromatic rings. The van der Waals surface area contributed by atoms with Gasteiger partial charge in [-0.3, -0.25) is 14.4 Å². The molecule has 0 radical (unpaired) electrons. The molecule has 0 aliphatic carbocycles. The van der Waals surface area contributed by atoms with Crippen molar-refractivity contribution in [1.82, 2.24) is 10.3 Å². The molecule has 29 heavy (non-hydrogen) atoms. The van der Waals surface area contributed by atoms with E-state index in [1.807, 2.05) is 30.5 Å². The Labute approximate surface area is 169 Å². The quantitative estimate of drug-likeness (QED) is 0.577. The average molecular weight is 392 g/mol. The number of benzene rings is 2. The minimum absolute atomic E-state index is 0.106. The Kier molecular flexibility index (Phi) is 6.29. The smallest absolute Gasteiger partial charge is 0.224 e. The molecule has 2 aromatic carbocycles. The molecule has 1 heterocycles. The molecule has 1 aromatic heterocycles. The third-order valence-electron chi connectivity index (χ3n) is 4.54. The number of carbonyl (C=O) groups is 3. The molecule has 7 heteroatoms. The van der Waals surface area contributed by atoms with Crippen LogP contribution in [0.25, 0.3) is 10.9 Å². The molecule has 150 valence electrons. The molecule has 0 fully saturated rings. The van der Waals surface area contributed by atoms with Gasteiger partial charge < -0.3 is 20.5 Å². The minimum Gasteiger partial charge on any atom is -0.361 e. The van der Waals surface area contributed by atoms with Crippen LogP contribution >= 0.6 is 0 Å². The number of H-pyrrole nitrogens is 1. The van der Waals surface area contributed by atoms with Gasteiger partial charge in [0.1, 0.15) is 0 Å². The van der Waals surface area contributed by atoms with Crippen molar-refractivity contribution in [3.8, 4) is 0 Å². The van der Waals surface area contributed by atoms with E-state index in [-0.39, 0.29) is 24.1 Å². The van der Waals surface area contributed by atoms with Crippen LogP contribution in [0.5, 0.6) is 0 Å². The average Bonchev–Trinajstić information content (AvgIpc) is 3.07. The highest BCUT2D eigenvalue weighted by atomic mass is 16.2. The van der Waals surface area contributed by atoms with Crippen LogP contribution in [0, 0.1) is 0 Å². The zero-order valence-electron chi connectivity index (χ0n) is 16.5. The second-order valence-corrected chi connectivity index (χ2v) is 6.79. The van der Waals surface area contributed by atoms with E-state index < -0.39 is 0 Å². The van der Waals surface area contributed by atoms with Crippen LogP contribution in [0.3, 0.4) is 0 Å². The third kappa shape index (κ3) is 5.22. The lowest BCUT2D eigenvalue weighted by molar-refractivity contribution is -0.121. The van der Waals surface area contributed by atoms with Gasteiger partial charge in [0.05, 0.1) is 6.42 Å². The molecule has 0 aliphatic heterocycles. The highest BCUT2D eigenvalue weighted by molar-refractivity contribution is 5.94. The van der Waals surface area contributed by atoms with Crippen molar-refractivity contribution in [3.05, 3.63) is 60.3 Å². The van der Waals surface area contributed by atoms with Crippen molar-refractivity contribution in [2.24, 2.45) is 0 Å². The number of aromatic amines is 1. The van der Waals surface area contributed by atoms with E-state index >= 15 is 0 Å². The number of para-hydroxylation sites is 1. The van der Waals surface area contributed by atoms with Crippen molar-refractivity contribution in [3.63, 3.8) is 0 Å². The van der Waals surface area contributed by atoms with E-state index in [4.69, 9.17) is 0 Å². The van der Waals surface area contributed by atoms with Crippen molar-refractivity contribution in [2.45, 2.75) is 20.3 Å². The molecule has 7 nitrogen and oxygen atoms in total. The van der Waals surface area contributed by atoms with Gasteiger partial charge in [-0.2, -0.15) is 0 Å². The van der Waals surface area contributed by atoms with Gasteiger partial charge in [0.2, 0.25) is 17.7 Å². The zero-order chi connectivity index (χ0) is 20.8. The highest BCUT2D eigenvalue weighted by Gasteiger charge is 2.13. The van der Waals surface area contributed by atoms with Gasteiger partial charge >= 0.3 is 0 Å². The van der Waals surface area contributed by atoms with E-state index in [9.17, 15) is 14.4 Å². The van der Waals surface area contributed by atoms with Gasteiger partial charge in [-0.25, -0.2) is 0 Å². The number of nitrogens with zero attached hydrogens (tertiary/aromatic N) is 1. The second-order valence-electron chi connectivity index (χ2n) is 6.79. The van der Waals surface area contributed by atoms with Gasteiger partial charge in [0.15, 0.2) is 0 Å². The largest absolute Gasteiger partial charge is 0.361 e. The fourth-order valence-electron chi connectivity index (χ4n) is 3.24. The van der Waals surface area contributed by atoms with Gasteiger partial charge in [-0.15, -0.1) is 0 Å². The van der Waals surface area contributed by atoms with Crippen LogP contribution in [0.2, 0.25) is 0 Å². The van der Waals surface area contributed by atoms with Crippen LogP contribution in [-0.2, 0) is 20.8 Å². The normalized spacial score (nSPS) is 10.6. The van der Waals surface area contributed by atoms with E-state index in [0.717, 1.165) is 16.5 Å². The number of anilines is 2. The van der Waals surface area contributed by atoms with Gasteiger partial charge in [-0.05, 0) is 29.8 Å². The Morgan fingerprint density at radius 3 is 2.59 bits per heavy atom. The molecular formula is C22H24N4O3. The molecule has 3 amide bonds. The first-order valence-electron chi connectivity index (χ1n) is 9.41. The highest BCUT2D eigenvalue weighted by Crippen LogP contribution is 2.20. The Hall–Kier alpha value is -3.61. The van der Waals surface area contributed by atoms with E-state index in [1.54, 1.807) is 29.2 Å². The molecule has 3 N–H and O–H groups in total. The lowest BCUT2D eigenvalue weighted by Gasteiger charge is -2.22. The van der Waals surface area contributed by atoms with Crippen LogP contribution < -0.4 is 15.5 Å². The molecule has 0 unspecified atom stereocenters. The van der Waals surface area contributed by atoms with Crippen LogP contribution in [0.1, 0.15) is 19.4 Å². The number of rotatable bonds is 7. The lowest BCUT2D eigenvalue weighted by atomic mass is 10.1. The van der Waals surface area contributed by atoms with E-state index in [1.165, 1.54) is 13.8 Å². The molecule has 0 aliphatic rings. The summed E-state index contributed by atoms with van der Waals surface area (Å²) in [6.45, 7) is 3.56. The molecule has 0 saturated heterocycles. The predicted molar refractivity (Wildman–Crippen MR) is 114 cm³/mol. The topological polar surface area (TPSA) is 94.3 Å². The molecule has 0 atom stereocenters. The Balaban J connectivity index is 1.59. The number of hydrogen-bond donors (Lipinski definition) is 3. The maximum atomic E-state index is 12.3. The fraction of sp³-hybridized carbons (Fsp3) is 0.227. The summed E-state index contributed by atoms with van der Waals surface area (Å²) in [6.07, 6.45) is 2.11. The summed E-state index contributed by atoms with van der Waals surface area (Å²) in [5, 5.41) is 6.60. The summed E-state index contributed by atoms with van der Waals surface area (Å²) in [5.41, 5.74) is 3.21. The summed E-state index contributed by atoms with van der Waals surface area (Å²) in [6, 6.07) is 14.9. The van der Waals surface area contributed by atoms with Crippen LogP contribution in [0.4, 0.5) is 11.4 Å². The Bertz CT molecular complexity index is 1040. The second kappa shape index (κ2) is 9.05. The summed E-state index contributed by atoms with van der Waals surface area (Å²) in [4.78, 5) is 40.4. The maximum absolute atomic E-state index is 12.3. The van der Waals surface area contributed by atoms with Gasteiger partial charge in [-0.1, -0.05) is 24.3 Å². The van der Waals surface area contributed by atoms with Crippen molar-refractivity contribution in [1.29, 1.82) is 0 Å². The standard InChI is InChI=1S/C22H24N4O3/c1-15(27)25-18-6-5-7-19(13-18)26(16(2)28)11-10-23-22(29)12-17-14-24-21-9-4-3-8-20(17)21/h3-9,13-14,24H,10-12H2,1-2H3,(H,23,29)(H,25,27). The lowest BCUT2D eigenvalue weighted by Crippen LogP contribution is -2.38. The summed E-state index contributed by atoms with van der Waals surface area (Å²) < 4.78 is 0. The number of carbonyl (C=O) groups excluding carboxylic acids is 3. The number of amides is 3. The first-order valence-corrected chi connectivity index (χ1v) is 9.41. The number of fused-ring (bicyclic) bond motifs is 1. The molecule has 0 saturated carbocycles. The molecule has 0 bridgehead atoms. The van der Waals surface area contributed by atoms with E-state index in [2.05, 4.69) is 15.6 Å². The Morgan fingerprint density at radius 2 is 1.83 bits per heavy atom. The van der Waals surface area contributed by atoms with Gasteiger partial charge in [0.25, 0.3) is 0 Å². The SMILES string of the molecule is CC(=O)Nc1cccc(N(CCNC(=O)Cc2c[nH]c3ccccc23)C(C)=O)c1. The summed E-state index contributed by atoms with van der Waals surface area (Å²) >= 11 is 0. The first kappa shape index (κ1) is 20.1. The fourth-order valence-corrected chi connectivity index (χ4v) is 3.24. The van der Waals surface area contributed by atoms with E-state index in [0.29, 0.717) is 24.5 Å². The Morgan fingerprint density at radius 1 is 1.03 bits per heavy atom. The number of aromatic nitrogens is 1. The number of hydrogen-bond acceptors (Lipinski definition) is 3. The third-order valence-corrected chi connectivity index (χ3v) is 4.54. The molecular weight excluding hydrogens is 368 g/mol. The minimum atomic E-state index is -0.180. The molecule has 3 rings (SSSR count). The van der Waals surface area contributed by atoms with Gasteiger partial charge in [0, 0.05) is 55.4 Å². The summed E-state index contributed by atoms with van der Waals surface area (Å²) in [5.74, 6) is -0.429.